The van der Waals surface area contributed by atoms with Crippen LogP contribution >= 0.6 is 0 Å². The Hall–Kier alpha value is -1.16. The van der Waals surface area contributed by atoms with Crippen molar-refractivity contribution in [1.82, 2.24) is 0 Å². The van der Waals surface area contributed by atoms with Crippen LogP contribution in [-0.2, 0) is 10.8 Å². The standard InChI is InChI=1S/C13H16O3S/c14-13(15)11-7-3-4-8-12(11)17(16)9-10-5-1-2-6-10/h3-4,7-8,10H,1-2,5-6,9H2,(H,14,15). The first-order chi connectivity index (χ1) is 8.18. The normalized spacial score (nSPS) is 18.1. The summed E-state index contributed by atoms with van der Waals surface area (Å²) in [4.78, 5) is 11.5. The van der Waals surface area contributed by atoms with E-state index in [4.69, 9.17) is 5.11 Å². The van der Waals surface area contributed by atoms with Crippen molar-refractivity contribution in [2.24, 2.45) is 5.92 Å². The van der Waals surface area contributed by atoms with Gasteiger partial charge in [0.1, 0.15) is 0 Å². The first-order valence-corrected chi connectivity index (χ1v) is 7.21. The molecule has 1 unspecified atom stereocenters. The second-order valence-electron chi connectivity index (χ2n) is 4.46. The van der Waals surface area contributed by atoms with Gasteiger partial charge in [-0.2, -0.15) is 0 Å². The second kappa shape index (κ2) is 5.45. The third-order valence-corrected chi connectivity index (χ3v) is 4.85. The second-order valence-corrected chi connectivity index (χ2v) is 5.93. The Bertz CT molecular complexity index is 436. The fraction of sp³-hybridized carbons (Fsp3) is 0.462. The summed E-state index contributed by atoms with van der Waals surface area (Å²) < 4.78 is 12.2. The molecule has 17 heavy (non-hydrogen) atoms. The van der Waals surface area contributed by atoms with E-state index in [0.717, 1.165) is 12.8 Å². The van der Waals surface area contributed by atoms with Crippen molar-refractivity contribution in [3.8, 4) is 0 Å². The van der Waals surface area contributed by atoms with Crippen molar-refractivity contribution in [3.63, 3.8) is 0 Å². The molecule has 1 N–H and O–H groups in total. The Balaban J connectivity index is 2.15. The van der Waals surface area contributed by atoms with Crippen LogP contribution in [0.5, 0.6) is 0 Å². The van der Waals surface area contributed by atoms with Gasteiger partial charge in [-0.05, 0) is 30.9 Å². The van der Waals surface area contributed by atoms with Crippen molar-refractivity contribution in [2.75, 3.05) is 5.75 Å². The fourth-order valence-corrected chi connectivity index (χ4v) is 3.89. The van der Waals surface area contributed by atoms with Crippen molar-refractivity contribution >= 4 is 16.8 Å². The van der Waals surface area contributed by atoms with E-state index < -0.39 is 16.8 Å². The molecule has 0 heterocycles. The topological polar surface area (TPSA) is 54.4 Å². The van der Waals surface area contributed by atoms with Crippen molar-refractivity contribution in [3.05, 3.63) is 29.8 Å². The van der Waals surface area contributed by atoms with Crippen LogP contribution in [0.2, 0.25) is 0 Å². The van der Waals surface area contributed by atoms with E-state index in [2.05, 4.69) is 0 Å². The van der Waals surface area contributed by atoms with Crippen LogP contribution in [0, 0.1) is 5.92 Å². The van der Waals surface area contributed by atoms with Crippen LogP contribution in [0.4, 0.5) is 0 Å². The maximum atomic E-state index is 12.2. The highest BCUT2D eigenvalue weighted by molar-refractivity contribution is 7.85. The number of carboxylic acids is 1. The lowest BCUT2D eigenvalue weighted by molar-refractivity contribution is 0.0693. The van der Waals surface area contributed by atoms with Gasteiger partial charge in [-0.1, -0.05) is 25.0 Å². The molecule has 0 spiro atoms. The minimum absolute atomic E-state index is 0.170. The molecule has 1 atom stereocenters. The van der Waals surface area contributed by atoms with Crippen molar-refractivity contribution < 1.29 is 14.1 Å². The van der Waals surface area contributed by atoms with Crippen LogP contribution < -0.4 is 0 Å². The van der Waals surface area contributed by atoms with Crippen LogP contribution in [0.3, 0.4) is 0 Å². The molecular formula is C13H16O3S. The number of benzene rings is 1. The highest BCUT2D eigenvalue weighted by Crippen LogP contribution is 2.27. The predicted molar refractivity (Wildman–Crippen MR) is 66.6 cm³/mol. The first kappa shape index (κ1) is 12.3. The van der Waals surface area contributed by atoms with Crippen LogP contribution in [-0.4, -0.2) is 21.0 Å². The molecule has 0 saturated heterocycles. The Morgan fingerprint density at radius 2 is 1.94 bits per heavy atom. The Kier molecular flexibility index (Phi) is 3.94. The lowest BCUT2D eigenvalue weighted by Crippen LogP contribution is -2.11. The molecule has 1 saturated carbocycles. The molecule has 0 radical (unpaired) electrons. The van der Waals surface area contributed by atoms with Gasteiger partial charge in [0, 0.05) is 5.75 Å². The lowest BCUT2D eigenvalue weighted by atomic mass is 10.1. The minimum atomic E-state index is -1.19. The van der Waals surface area contributed by atoms with Crippen molar-refractivity contribution in [2.45, 2.75) is 30.6 Å². The number of carboxylic acid groups (broad SMARTS) is 1. The monoisotopic (exact) mass is 252 g/mol. The zero-order chi connectivity index (χ0) is 12.3. The van der Waals surface area contributed by atoms with Crippen LogP contribution in [0.1, 0.15) is 36.0 Å². The molecule has 92 valence electrons. The molecule has 1 aromatic carbocycles. The molecule has 1 fully saturated rings. The highest BCUT2D eigenvalue weighted by atomic mass is 32.2. The maximum absolute atomic E-state index is 12.2. The number of carbonyl (C=O) groups is 1. The molecular weight excluding hydrogens is 236 g/mol. The van der Waals surface area contributed by atoms with E-state index in [-0.39, 0.29) is 5.56 Å². The van der Waals surface area contributed by atoms with Gasteiger partial charge < -0.3 is 5.11 Å². The van der Waals surface area contributed by atoms with E-state index in [1.807, 2.05) is 0 Å². The molecule has 4 heteroatoms. The van der Waals surface area contributed by atoms with Gasteiger partial charge in [0.25, 0.3) is 0 Å². The van der Waals surface area contributed by atoms with Crippen LogP contribution in [0.15, 0.2) is 29.2 Å². The summed E-state index contributed by atoms with van der Waals surface area (Å²) in [6.07, 6.45) is 4.67. The maximum Gasteiger partial charge on any atom is 0.336 e. The Morgan fingerprint density at radius 1 is 1.29 bits per heavy atom. The molecule has 1 aromatic rings. The average molecular weight is 252 g/mol. The minimum Gasteiger partial charge on any atom is -0.478 e. The third kappa shape index (κ3) is 2.94. The van der Waals surface area contributed by atoms with Crippen molar-refractivity contribution in [1.29, 1.82) is 0 Å². The molecule has 0 aromatic heterocycles. The molecule has 1 aliphatic rings. The molecule has 3 nitrogen and oxygen atoms in total. The van der Waals surface area contributed by atoms with Gasteiger partial charge in [0.2, 0.25) is 0 Å². The molecule has 0 bridgehead atoms. The molecule has 0 aliphatic heterocycles. The van der Waals surface area contributed by atoms with Crippen LogP contribution in [0.25, 0.3) is 0 Å². The SMILES string of the molecule is O=C(O)c1ccccc1S(=O)CC1CCCC1. The molecule has 0 amide bonds. The summed E-state index contributed by atoms with van der Waals surface area (Å²) in [7, 11) is -1.19. The fourth-order valence-electron chi connectivity index (χ4n) is 2.32. The van der Waals surface area contributed by atoms with E-state index >= 15 is 0 Å². The summed E-state index contributed by atoms with van der Waals surface area (Å²) in [5.41, 5.74) is 0.170. The lowest BCUT2D eigenvalue weighted by Gasteiger charge is -2.10. The van der Waals surface area contributed by atoms with E-state index in [1.54, 1.807) is 18.2 Å². The molecule has 2 rings (SSSR count). The number of hydrogen-bond acceptors (Lipinski definition) is 2. The summed E-state index contributed by atoms with van der Waals surface area (Å²) in [5.74, 6) is 0.0997. The summed E-state index contributed by atoms with van der Waals surface area (Å²) in [5, 5.41) is 9.04. The van der Waals surface area contributed by atoms with Gasteiger partial charge in [0.15, 0.2) is 0 Å². The first-order valence-electron chi connectivity index (χ1n) is 5.89. The van der Waals surface area contributed by atoms with Gasteiger partial charge >= 0.3 is 5.97 Å². The average Bonchev–Trinajstić information content (AvgIpc) is 2.81. The van der Waals surface area contributed by atoms with Gasteiger partial charge in [-0.15, -0.1) is 0 Å². The van der Waals surface area contributed by atoms with Gasteiger partial charge in [-0.3, -0.25) is 4.21 Å². The molecule has 1 aliphatic carbocycles. The Labute approximate surface area is 103 Å². The Morgan fingerprint density at radius 3 is 2.59 bits per heavy atom. The summed E-state index contributed by atoms with van der Waals surface area (Å²) >= 11 is 0. The highest BCUT2D eigenvalue weighted by Gasteiger charge is 2.21. The van der Waals surface area contributed by atoms with Gasteiger partial charge in [0.05, 0.1) is 21.3 Å². The number of aromatic carboxylic acids is 1. The third-order valence-electron chi connectivity index (χ3n) is 3.22. The summed E-state index contributed by atoms with van der Waals surface area (Å²) in [6, 6.07) is 6.59. The van der Waals surface area contributed by atoms with E-state index in [9.17, 15) is 9.00 Å². The van der Waals surface area contributed by atoms with E-state index in [0.29, 0.717) is 16.6 Å². The zero-order valence-corrected chi connectivity index (χ0v) is 10.4. The summed E-state index contributed by atoms with van der Waals surface area (Å²) in [6.45, 7) is 0. The van der Waals surface area contributed by atoms with Gasteiger partial charge in [-0.25, -0.2) is 4.79 Å². The quantitative estimate of drug-likeness (QED) is 0.896. The number of rotatable bonds is 4. The largest absolute Gasteiger partial charge is 0.478 e. The smallest absolute Gasteiger partial charge is 0.336 e. The zero-order valence-electron chi connectivity index (χ0n) is 9.59. The predicted octanol–water partition coefficient (Wildman–Crippen LogP) is 2.68. The number of hydrogen-bond donors (Lipinski definition) is 1. The van der Waals surface area contributed by atoms with E-state index in [1.165, 1.54) is 18.9 Å².